The lowest BCUT2D eigenvalue weighted by Crippen LogP contribution is -2.19. The van der Waals surface area contributed by atoms with Crippen LogP contribution in [0.5, 0.6) is 5.75 Å². The van der Waals surface area contributed by atoms with Crippen LogP contribution in [-0.2, 0) is 0 Å². The zero-order chi connectivity index (χ0) is 12.3. The fourth-order valence-electron chi connectivity index (χ4n) is 1.80. The largest absolute Gasteiger partial charge is 0.496 e. The molecule has 3 nitrogen and oxygen atoms in total. The summed E-state index contributed by atoms with van der Waals surface area (Å²) >= 11 is 0. The average Bonchev–Trinajstić information content (AvgIpc) is 2.27. The van der Waals surface area contributed by atoms with Crippen molar-refractivity contribution in [3.8, 4) is 5.75 Å². The summed E-state index contributed by atoms with van der Waals surface area (Å²) in [4.78, 5) is 1.82. The van der Waals surface area contributed by atoms with Crippen LogP contribution in [0.2, 0.25) is 0 Å². The van der Waals surface area contributed by atoms with E-state index in [2.05, 4.69) is 19.9 Å². The summed E-state index contributed by atoms with van der Waals surface area (Å²) in [6.45, 7) is 6.31. The van der Waals surface area contributed by atoms with Gasteiger partial charge in [-0.15, -0.1) is 0 Å². The van der Waals surface area contributed by atoms with E-state index in [0.717, 1.165) is 17.0 Å². The van der Waals surface area contributed by atoms with E-state index in [1.165, 1.54) is 5.56 Å². The van der Waals surface area contributed by atoms with Crippen molar-refractivity contribution in [3.63, 3.8) is 0 Å². The van der Waals surface area contributed by atoms with Gasteiger partial charge in [-0.25, -0.2) is 0 Å². The Balaban J connectivity index is 3.27. The Kier molecular flexibility index (Phi) is 4.19. The summed E-state index contributed by atoms with van der Waals surface area (Å²) in [5, 5.41) is 9.16. The summed E-state index contributed by atoms with van der Waals surface area (Å²) in [5.74, 6) is 1.32. The number of aliphatic hydroxyl groups excluding tert-OH is 1. The SMILES string of the molecule is COc1cc(C)c(N(C)CO)cc1C(C)C. The molecule has 0 aliphatic rings. The normalized spacial score (nSPS) is 10.7. The number of ether oxygens (including phenoxy) is 1. The van der Waals surface area contributed by atoms with Gasteiger partial charge in [0, 0.05) is 12.7 Å². The molecule has 0 fully saturated rings. The van der Waals surface area contributed by atoms with Gasteiger partial charge >= 0.3 is 0 Å². The van der Waals surface area contributed by atoms with Crippen LogP contribution in [0, 0.1) is 6.92 Å². The molecule has 0 saturated carbocycles. The molecule has 0 spiro atoms. The van der Waals surface area contributed by atoms with E-state index in [-0.39, 0.29) is 6.73 Å². The molecular formula is C13H21NO2. The predicted molar refractivity (Wildman–Crippen MR) is 67.3 cm³/mol. The number of aryl methyl sites for hydroxylation is 1. The van der Waals surface area contributed by atoms with Crippen molar-refractivity contribution < 1.29 is 9.84 Å². The molecule has 16 heavy (non-hydrogen) atoms. The molecule has 0 heterocycles. The van der Waals surface area contributed by atoms with Gasteiger partial charge in [0.1, 0.15) is 12.5 Å². The molecule has 1 N–H and O–H groups in total. The van der Waals surface area contributed by atoms with Gasteiger partial charge in [-0.3, -0.25) is 0 Å². The van der Waals surface area contributed by atoms with Crippen LogP contribution < -0.4 is 9.64 Å². The lowest BCUT2D eigenvalue weighted by atomic mass is 9.99. The second-order valence-corrected chi connectivity index (χ2v) is 4.37. The molecule has 90 valence electrons. The van der Waals surface area contributed by atoms with Crippen LogP contribution in [0.25, 0.3) is 0 Å². The number of benzene rings is 1. The van der Waals surface area contributed by atoms with E-state index in [9.17, 15) is 0 Å². The van der Waals surface area contributed by atoms with Gasteiger partial charge in [-0.1, -0.05) is 13.8 Å². The van der Waals surface area contributed by atoms with Crippen molar-refractivity contribution in [2.75, 3.05) is 25.8 Å². The van der Waals surface area contributed by atoms with Crippen molar-refractivity contribution >= 4 is 5.69 Å². The first-order chi connectivity index (χ1) is 7.51. The van der Waals surface area contributed by atoms with E-state index in [1.54, 1.807) is 7.11 Å². The van der Waals surface area contributed by atoms with Crippen molar-refractivity contribution in [1.29, 1.82) is 0 Å². The van der Waals surface area contributed by atoms with Gasteiger partial charge in [-0.05, 0) is 36.1 Å². The molecule has 1 aromatic rings. The molecule has 1 rings (SSSR count). The van der Waals surface area contributed by atoms with Gasteiger partial charge in [-0.2, -0.15) is 0 Å². The van der Waals surface area contributed by atoms with Crippen molar-refractivity contribution in [2.24, 2.45) is 0 Å². The molecule has 3 heteroatoms. The predicted octanol–water partition coefficient (Wildman–Crippen LogP) is 2.51. The number of aliphatic hydroxyl groups is 1. The third kappa shape index (κ3) is 2.47. The number of hydrogen-bond acceptors (Lipinski definition) is 3. The Morgan fingerprint density at radius 2 is 2.00 bits per heavy atom. The molecule has 0 bridgehead atoms. The maximum atomic E-state index is 9.16. The molecule has 1 aromatic carbocycles. The fourth-order valence-corrected chi connectivity index (χ4v) is 1.80. The van der Waals surface area contributed by atoms with E-state index >= 15 is 0 Å². The zero-order valence-electron chi connectivity index (χ0n) is 10.7. The highest BCUT2D eigenvalue weighted by Crippen LogP contribution is 2.33. The number of hydrogen-bond donors (Lipinski definition) is 1. The molecule has 0 aliphatic carbocycles. The van der Waals surface area contributed by atoms with Gasteiger partial charge in [0.2, 0.25) is 0 Å². The molecule has 0 radical (unpaired) electrons. The van der Waals surface area contributed by atoms with Gasteiger partial charge in [0.25, 0.3) is 0 Å². The molecule has 0 amide bonds. The maximum absolute atomic E-state index is 9.16. The average molecular weight is 223 g/mol. The minimum absolute atomic E-state index is 0.0186. The summed E-state index contributed by atoms with van der Waals surface area (Å²) in [6, 6.07) is 4.12. The zero-order valence-corrected chi connectivity index (χ0v) is 10.7. The minimum atomic E-state index is 0.0186. The van der Waals surface area contributed by atoms with Crippen LogP contribution in [0.15, 0.2) is 12.1 Å². The summed E-state index contributed by atoms with van der Waals surface area (Å²) < 4.78 is 5.37. The standard InChI is InChI=1S/C13H21NO2/c1-9(2)11-7-12(14(4)8-15)10(3)6-13(11)16-5/h6-7,9,15H,8H2,1-5H3. The first-order valence-corrected chi connectivity index (χ1v) is 5.51. The van der Waals surface area contributed by atoms with E-state index < -0.39 is 0 Å². The fraction of sp³-hybridized carbons (Fsp3) is 0.538. The van der Waals surface area contributed by atoms with Gasteiger partial charge < -0.3 is 14.7 Å². The highest BCUT2D eigenvalue weighted by atomic mass is 16.5. The first-order valence-electron chi connectivity index (χ1n) is 5.51. The second-order valence-electron chi connectivity index (χ2n) is 4.37. The summed E-state index contributed by atoms with van der Waals surface area (Å²) in [5.41, 5.74) is 3.33. The topological polar surface area (TPSA) is 32.7 Å². The van der Waals surface area contributed by atoms with E-state index in [4.69, 9.17) is 9.84 Å². The molecule has 0 aliphatic heterocycles. The Hall–Kier alpha value is -1.22. The van der Waals surface area contributed by atoms with E-state index in [0.29, 0.717) is 5.92 Å². The summed E-state index contributed by atoms with van der Waals surface area (Å²) in [6.07, 6.45) is 0. The Morgan fingerprint density at radius 1 is 1.38 bits per heavy atom. The molecule has 0 unspecified atom stereocenters. The Bertz CT molecular complexity index is 361. The second kappa shape index (κ2) is 5.21. The first kappa shape index (κ1) is 12.8. The van der Waals surface area contributed by atoms with Gasteiger partial charge in [0.15, 0.2) is 0 Å². The van der Waals surface area contributed by atoms with Crippen LogP contribution in [-0.4, -0.2) is 26.0 Å². The van der Waals surface area contributed by atoms with Crippen molar-refractivity contribution in [2.45, 2.75) is 26.7 Å². The number of rotatable bonds is 4. The third-order valence-electron chi connectivity index (χ3n) is 2.79. The van der Waals surface area contributed by atoms with Crippen molar-refractivity contribution in [1.82, 2.24) is 0 Å². The minimum Gasteiger partial charge on any atom is -0.496 e. The van der Waals surface area contributed by atoms with Crippen LogP contribution in [0.3, 0.4) is 0 Å². The molecule has 0 saturated heterocycles. The quantitative estimate of drug-likeness (QED) is 0.796. The van der Waals surface area contributed by atoms with E-state index in [1.807, 2.05) is 24.9 Å². The number of anilines is 1. The summed E-state index contributed by atoms with van der Waals surface area (Å²) in [7, 11) is 3.56. The highest BCUT2D eigenvalue weighted by Gasteiger charge is 2.12. The van der Waals surface area contributed by atoms with Crippen LogP contribution >= 0.6 is 0 Å². The lowest BCUT2D eigenvalue weighted by Gasteiger charge is -2.22. The monoisotopic (exact) mass is 223 g/mol. The third-order valence-corrected chi connectivity index (χ3v) is 2.79. The number of methoxy groups -OCH3 is 1. The molecule has 0 atom stereocenters. The van der Waals surface area contributed by atoms with Gasteiger partial charge in [0.05, 0.1) is 7.11 Å². The van der Waals surface area contributed by atoms with Crippen molar-refractivity contribution in [3.05, 3.63) is 23.3 Å². The van der Waals surface area contributed by atoms with Crippen LogP contribution in [0.4, 0.5) is 5.69 Å². The van der Waals surface area contributed by atoms with Crippen LogP contribution in [0.1, 0.15) is 30.9 Å². The smallest absolute Gasteiger partial charge is 0.122 e. The Labute approximate surface area is 97.7 Å². The number of nitrogens with zero attached hydrogens (tertiary/aromatic N) is 1. The molecular weight excluding hydrogens is 202 g/mol. The maximum Gasteiger partial charge on any atom is 0.122 e. The molecule has 0 aromatic heterocycles. The lowest BCUT2D eigenvalue weighted by molar-refractivity contribution is 0.298. The highest BCUT2D eigenvalue weighted by molar-refractivity contribution is 5.59. The Morgan fingerprint density at radius 3 is 2.44 bits per heavy atom.